The normalized spacial score (nSPS) is 21.4. The number of piperazine rings is 1. The first-order valence-corrected chi connectivity index (χ1v) is 9.77. The molecule has 0 spiro atoms. The molecule has 1 atom stereocenters. The molecule has 2 aliphatic rings. The Morgan fingerprint density at radius 1 is 0.926 bits per heavy atom. The quantitative estimate of drug-likeness (QED) is 0.812. The fraction of sp³-hybridized carbons (Fsp3) is 0.545. The number of likely N-dealkylation sites (N-methyl/N-ethyl adjacent to an activating group) is 1. The molecule has 1 unspecified atom stereocenters. The standard InChI is InChI=1S/C22H30N2O.2ClH/c1-23-13-15-24(16-14-23)17-21(22(25)11-4-5-12-22)20-10-6-8-18-7-2-3-9-19(18)20;;/h2-3,6-10,21,25H,4-5,11-17H2,1H3;2*1H. The minimum atomic E-state index is -0.548. The topological polar surface area (TPSA) is 26.7 Å². The van der Waals surface area contributed by atoms with E-state index in [1.165, 1.54) is 16.3 Å². The van der Waals surface area contributed by atoms with E-state index < -0.39 is 5.60 Å². The summed E-state index contributed by atoms with van der Waals surface area (Å²) in [5.41, 5.74) is 0.787. The van der Waals surface area contributed by atoms with E-state index in [4.69, 9.17) is 0 Å². The highest BCUT2D eigenvalue weighted by atomic mass is 35.5. The summed E-state index contributed by atoms with van der Waals surface area (Å²) in [6, 6.07) is 15.2. The SMILES string of the molecule is CN1CCN(CC(c2cccc3ccccc23)C2(O)CCCC2)CC1.Cl.Cl. The van der Waals surface area contributed by atoms with E-state index in [0.29, 0.717) is 0 Å². The van der Waals surface area contributed by atoms with Gasteiger partial charge in [-0.15, -0.1) is 24.8 Å². The summed E-state index contributed by atoms with van der Waals surface area (Å²) in [4.78, 5) is 4.95. The summed E-state index contributed by atoms with van der Waals surface area (Å²) in [5, 5.41) is 14.1. The highest BCUT2D eigenvalue weighted by molar-refractivity contribution is 5.86. The van der Waals surface area contributed by atoms with Crippen LogP contribution in [0.5, 0.6) is 0 Å². The minimum Gasteiger partial charge on any atom is -0.389 e. The second-order valence-electron chi connectivity index (χ2n) is 8.04. The zero-order valence-corrected chi connectivity index (χ0v) is 17.8. The number of nitrogens with zero attached hydrogens (tertiary/aromatic N) is 2. The highest BCUT2D eigenvalue weighted by Gasteiger charge is 2.41. The lowest BCUT2D eigenvalue weighted by Gasteiger charge is -2.40. The van der Waals surface area contributed by atoms with Crippen molar-refractivity contribution in [2.24, 2.45) is 0 Å². The smallest absolute Gasteiger partial charge is 0.0728 e. The van der Waals surface area contributed by atoms with Crippen molar-refractivity contribution in [2.45, 2.75) is 37.2 Å². The molecule has 150 valence electrons. The molecule has 2 aromatic rings. The maximum Gasteiger partial charge on any atom is 0.0728 e. The van der Waals surface area contributed by atoms with Gasteiger partial charge in [0.05, 0.1) is 5.60 Å². The van der Waals surface area contributed by atoms with Gasteiger partial charge in [-0.25, -0.2) is 0 Å². The molecule has 0 radical (unpaired) electrons. The van der Waals surface area contributed by atoms with Crippen molar-refractivity contribution in [1.29, 1.82) is 0 Å². The fourth-order valence-electron chi connectivity index (χ4n) is 4.74. The first kappa shape index (κ1) is 22.4. The Kier molecular flexibility index (Phi) is 7.96. The molecule has 1 aliphatic carbocycles. The molecule has 0 bridgehead atoms. The Morgan fingerprint density at radius 2 is 1.56 bits per heavy atom. The first-order valence-electron chi connectivity index (χ1n) is 9.77. The van der Waals surface area contributed by atoms with Crippen LogP contribution in [0.25, 0.3) is 10.8 Å². The van der Waals surface area contributed by atoms with Gasteiger partial charge in [0.1, 0.15) is 0 Å². The Bertz CT molecular complexity index is 720. The van der Waals surface area contributed by atoms with E-state index in [9.17, 15) is 5.11 Å². The molecule has 5 heteroatoms. The van der Waals surface area contributed by atoms with Gasteiger partial charge in [-0.2, -0.15) is 0 Å². The summed E-state index contributed by atoms with van der Waals surface area (Å²) in [5.74, 6) is 0.199. The van der Waals surface area contributed by atoms with Crippen LogP contribution in [0.4, 0.5) is 0 Å². The molecule has 1 saturated heterocycles. The Labute approximate surface area is 175 Å². The number of rotatable bonds is 4. The average molecular weight is 411 g/mol. The molecular weight excluding hydrogens is 379 g/mol. The molecule has 27 heavy (non-hydrogen) atoms. The first-order chi connectivity index (χ1) is 12.2. The van der Waals surface area contributed by atoms with Gasteiger partial charge in [0.25, 0.3) is 0 Å². The van der Waals surface area contributed by atoms with Gasteiger partial charge < -0.3 is 14.9 Å². The van der Waals surface area contributed by atoms with Gasteiger partial charge in [-0.05, 0) is 36.2 Å². The number of hydrogen-bond acceptors (Lipinski definition) is 3. The van der Waals surface area contributed by atoms with Gasteiger partial charge in [0.2, 0.25) is 0 Å². The van der Waals surface area contributed by atoms with Crippen molar-refractivity contribution in [2.75, 3.05) is 39.8 Å². The fourth-order valence-corrected chi connectivity index (χ4v) is 4.74. The predicted octanol–water partition coefficient (Wildman–Crippen LogP) is 4.32. The van der Waals surface area contributed by atoms with Crippen LogP contribution in [0.15, 0.2) is 42.5 Å². The van der Waals surface area contributed by atoms with Crippen LogP contribution in [0, 0.1) is 0 Å². The highest BCUT2D eigenvalue weighted by Crippen LogP contribution is 2.43. The average Bonchev–Trinajstić information content (AvgIpc) is 3.08. The van der Waals surface area contributed by atoms with E-state index in [0.717, 1.165) is 58.4 Å². The van der Waals surface area contributed by atoms with Gasteiger partial charge in [-0.3, -0.25) is 0 Å². The maximum atomic E-state index is 11.5. The zero-order chi connectivity index (χ0) is 17.3. The van der Waals surface area contributed by atoms with Gasteiger partial charge in [0.15, 0.2) is 0 Å². The molecule has 4 rings (SSSR count). The van der Waals surface area contributed by atoms with E-state index in [1.54, 1.807) is 0 Å². The largest absolute Gasteiger partial charge is 0.389 e. The monoisotopic (exact) mass is 410 g/mol. The van der Waals surface area contributed by atoms with Gasteiger partial charge >= 0.3 is 0 Å². The summed E-state index contributed by atoms with van der Waals surface area (Å²) in [6.07, 6.45) is 4.18. The van der Waals surface area contributed by atoms with Crippen molar-refractivity contribution in [1.82, 2.24) is 9.80 Å². The van der Waals surface area contributed by atoms with E-state index in [-0.39, 0.29) is 30.7 Å². The zero-order valence-electron chi connectivity index (χ0n) is 16.1. The summed E-state index contributed by atoms with van der Waals surface area (Å²) in [6.45, 7) is 5.43. The Morgan fingerprint density at radius 3 is 2.26 bits per heavy atom. The third kappa shape index (κ3) is 4.78. The van der Waals surface area contributed by atoms with Crippen LogP contribution < -0.4 is 0 Å². The molecule has 2 aromatic carbocycles. The third-order valence-electron chi connectivity index (χ3n) is 6.35. The molecule has 3 nitrogen and oxygen atoms in total. The van der Waals surface area contributed by atoms with Crippen LogP contribution >= 0.6 is 24.8 Å². The van der Waals surface area contributed by atoms with Crippen molar-refractivity contribution in [3.63, 3.8) is 0 Å². The van der Waals surface area contributed by atoms with Crippen molar-refractivity contribution in [3.8, 4) is 0 Å². The molecule has 1 saturated carbocycles. The van der Waals surface area contributed by atoms with Crippen LogP contribution in [0.2, 0.25) is 0 Å². The van der Waals surface area contributed by atoms with E-state index in [1.807, 2.05) is 0 Å². The van der Waals surface area contributed by atoms with Crippen molar-refractivity contribution < 1.29 is 5.11 Å². The lowest BCUT2D eigenvalue weighted by Crippen LogP contribution is -2.48. The van der Waals surface area contributed by atoms with Crippen LogP contribution in [-0.2, 0) is 0 Å². The molecule has 0 aromatic heterocycles. The van der Waals surface area contributed by atoms with Gasteiger partial charge in [-0.1, -0.05) is 55.3 Å². The molecule has 1 heterocycles. The van der Waals surface area contributed by atoms with E-state index in [2.05, 4.69) is 59.3 Å². The number of hydrogen-bond donors (Lipinski definition) is 1. The number of halogens is 2. The minimum absolute atomic E-state index is 0. The molecule has 0 amide bonds. The maximum absolute atomic E-state index is 11.5. The Balaban J connectivity index is 0.00000131. The van der Waals surface area contributed by atoms with Gasteiger partial charge in [0, 0.05) is 38.6 Å². The summed E-state index contributed by atoms with van der Waals surface area (Å²) >= 11 is 0. The van der Waals surface area contributed by atoms with Crippen LogP contribution in [0.1, 0.15) is 37.2 Å². The number of benzene rings is 2. The lowest BCUT2D eigenvalue weighted by molar-refractivity contribution is 0.00189. The van der Waals surface area contributed by atoms with E-state index >= 15 is 0 Å². The molecule has 1 N–H and O–H groups in total. The summed E-state index contributed by atoms with van der Waals surface area (Å²) < 4.78 is 0. The number of aliphatic hydroxyl groups is 1. The molecular formula is C22H32Cl2N2O. The predicted molar refractivity (Wildman–Crippen MR) is 119 cm³/mol. The summed E-state index contributed by atoms with van der Waals surface area (Å²) in [7, 11) is 2.20. The van der Waals surface area contributed by atoms with Crippen LogP contribution in [-0.4, -0.2) is 60.3 Å². The second-order valence-corrected chi connectivity index (χ2v) is 8.04. The van der Waals surface area contributed by atoms with Crippen LogP contribution in [0.3, 0.4) is 0 Å². The van der Waals surface area contributed by atoms with Crippen molar-refractivity contribution >= 4 is 35.6 Å². The number of fused-ring (bicyclic) bond motifs is 1. The molecule has 2 fully saturated rings. The molecule has 1 aliphatic heterocycles. The lowest BCUT2D eigenvalue weighted by atomic mass is 9.78. The Hall–Kier alpha value is -0.840. The third-order valence-corrected chi connectivity index (χ3v) is 6.35. The van der Waals surface area contributed by atoms with Crippen molar-refractivity contribution in [3.05, 3.63) is 48.0 Å². The second kappa shape index (κ2) is 9.58.